The topological polar surface area (TPSA) is 60.0 Å². The Bertz CT molecular complexity index is 541. The first-order chi connectivity index (χ1) is 11.5. The summed E-state index contributed by atoms with van der Waals surface area (Å²) in [5, 5.41) is 3.07. The molecule has 5 atom stereocenters. The third-order valence-corrected chi connectivity index (χ3v) is 7.23. The van der Waals surface area contributed by atoms with Gasteiger partial charge in [0.1, 0.15) is 0 Å². The molecule has 0 radical (unpaired) electrons. The summed E-state index contributed by atoms with van der Waals surface area (Å²) in [4.78, 5) is 25.3. The van der Waals surface area contributed by atoms with E-state index >= 15 is 0 Å². The number of hydrogen-bond donors (Lipinski definition) is 1. The van der Waals surface area contributed by atoms with Crippen LogP contribution in [0.15, 0.2) is 0 Å². The van der Waals surface area contributed by atoms with Crippen LogP contribution in [0.3, 0.4) is 0 Å². The quantitative estimate of drug-likeness (QED) is 0.748. The Labute approximate surface area is 143 Å². The fraction of sp³-hybridized carbons (Fsp3) is 0.944. The van der Waals surface area contributed by atoms with E-state index in [1.165, 1.54) is 25.7 Å². The van der Waals surface area contributed by atoms with Gasteiger partial charge in [-0.3, -0.25) is 0 Å². The molecular formula is C18H28N2O4. The van der Waals surface area contributed by atoms with E-state index in [0.717, 1.165) is 37.5 Å². The minimum Gasteiger partial charge on any atom is -0.335 e. The summed E-state index contributed by atoms with van der Waals surface area (Å²) >= 11 is 0. The molecule has 0 aromatic rings. The molecule has 0 aromatic heterocycles. The van der Waals surface area contributed by atoms with Gasteiger partial charge in [0.15, 0.2) is 0 Å². The summed E-state index contributed by atoms with van der Waals surface area (Å²) in [6.45, 7) is 0. The summed E-state index contributed by atoms with van der Waals surface area (Å²) in [5.74, 6) is 1.69. The number of hydrogen-bond acceptors (Lipinski definition) is 4. The molecule has 5 saturated carbocycles. The van der Waals surface area contributed by atoms with Gasteiger partial charge >= 0.3 is 6.03 Å². The lowest BCUT2D eigenvalue weighted by Crippen LogP contribution is -2.50. The molecule has 6 aliphatic rings. The second-order valence-corrected chi connectivity index (χ2v) is 8.89. The molecule has 5 unspecified atom stereocenters. The van der Waals surface area contributed by atoms with Crippen molar-refractivity contribution in [2.75, 3.05) is 14.1 Å². The smallest absolute Gasteiger partial charge is 0.317 e. The zero-order chi connectivity index (χ0) is 16.5. The molecule has 4 bridgehead atoms. The van der Waals surface area contributed by atoms with Crippen LogP contribution in [0.5, 0.6) is 0 Å². The number of nitrogens with one attached hydrogen (secondary N) is 1. The molecule has 6 heteroatoms. The molecule has 1 aliphatic heterocycles. The summed E-state index contributed by atoms with van der Waals surface area (Å²) in [7, 11) is 3.54. The predicted molar refractivity (Wildman–Crippen MR) is 85.6 cm³/mol. The van der Waals surface area contributed by atoms with Crippen LogP contribution in [0, 0.1) is 23.7 Å². The number of ether oxygens (including phenoxy) is 1. The van der Waals surface area contributed by atoms with E-state index in [4.69, 9.17) is 14.5 Å². The third-order valence-electron chi connectivity index (χ3n) is 7.23. The number of rotatable bonds is 1. The van der Waals surface area contributed by atoms with Gasteiger partial charge < -0.3 is 15.0 Å². The Morgan fingerprint density at radius 3 is 2.58 bits per heavy atom. The zero-order valence-electron chi connectivity index (χ0n) is 14.6. The van der Waals surface area contributed by atoms with Gasteiger partial charge in [0, 0.05) is 44.8 Å². The van der Waals surface area contributed by atoms with Crippen LogP contribution in [0.1, 0.15) is 51.4 Å². The van der Waals surface area contributed by atoms with Crippen molar-refractivity contribution in [1.82, 2.24) is 10.2 Å². The molecule has 6 rings (SSSR count). The molecule has 1 heterocycles. The number of carbonyl (C=O) groups is 1. The fourth-order valence-corrected chi connectivity index (χ4v) is 6.13. The second kappa shape index (κ2) is 5.08. The van der Waals surface area contributed by atoms with Crippen molar-refractivity contribution < 1.29 is 19.3 Å². The van der Waals surface area contributed by atoms with Gasteiger partial charge in [0.2, 0.25) is 11.6 Å². The Balaban J connectivity index is 1.25. The van der Waals surface area contributed by atoms with Crippen LogP contribution < -0.4 is 5.32 Å². The molecular weight excluding hydrogens is 308 g/mol. The molecule has 1 N–H and O–H groups in total. The first-order valence-corrected chi connectivity index (χ1v) is 9.54. The molecule has 6 fully saturated rings. The molecule has 1 saturated heterocycles. The lowest BCUT2D eigenvalue weighted by atomic mass is 9.78. The normalized spacial score (nSPS) is 51.7. The van der Waals surface area contributed by atoms with Gasteiger partial charge in [-0.25, -0.2) is 4.79 Å². The van der Waals surface area contributed by atoms with Crippen LogP contribution >= 0.6 is 0 Å². The summed E-state index contributed by atoms with van der Waals surface area (Å²) in [6, 6.07) is 0.173. The van der Waals surface area contributed by atoms with Crippen molar-refractivity contribution in [3.8, 4) is 0 Å². The summed E-state index contributed by atoms with van der Waals surface area (Å²) in [5.41, 5.74) is 0. The van der Waals surface area contributed by atoms with Crippen LogP contribution in [0.25, 0.3) is 0 Å². The predicted octanol–water partition coefficient (Wildman–Crippen LogP) is 2.64. The molecule has 24 heavy (non-hydrogen) atoms. The molecule has 5 aliphatic carbocycles. The monoisotopic (exact) mass is 336 g/mol. The summed E-state index contributed by atoms with van der Waals surface area (Å²) < 4.78 is 6.64. The minimum atomic E-state index is -0.581. The number of nitrogens with zero attached hydrogens (tertiary/aromatic N) is 1. The van der Waals surface area contributed by atoms with Crippen LogP contribution in [-0.4, -0.2) is 42.6 Å². The van der Waals surface area contributed by atoms with Crippen LogP contribution in [0.4, 0.5) is 4.79 Å². The first-order valence-electron chi connectivity index (χ1n) is 9.54. The lowest BCUT2D eigenvalue weighted by Gasteiger charge is -2.40. The lowest BCUT2D eigenvalue weighted by molar-refractivity contribution is -0.370. The van der Waals surface area contributed by atoms with E-state index in [0.29, 0.717) is 11.8 Å². The molecule has 134 valence electrons. The maximum Gasteiger partial charge on any atom is 0.317 e. The van der Waals surface area contributed by atoms with E-state index < -0.39 is 11.6 Å². The van der Waals surface area contributed by atoms with Crippen molar-refractivity contribution in [2.45, 2.75) is 69.0 Å². The van der Waals surface area contributed by atoms with E-state index in [1.54, 1.807) is 19.0 Å². The third kappa shape index (κ3) is 2.09. The number of amides is 2. The molecule has 2 amide bonds. The van der Waals surface area contributed by atoms with Crippen LogP contribution in [-0.2, 0) is 14.5 Å². The highest BCUT2D eigenvalue weighted by molar-refractivity contribution is 5.73. The van der Waals surface area contributed by atoms with Gasteiger partial charge in [-0.05, 0) is 50.4 Å². The van der Waals surface area contributed by atoms with E-state index in [9.17, 15) is 4.79 Å². The summed E-state index contributed by atoms with van der Waals surface area (Å²) in [6.07, 6.45) is 8.45. The van der Waals surface area contributed by atoms with Crippen LogP contribution in [0.2, 0.25) is 0 Å². The van der Waals surface area contributed by atoms with Gasteiger partial charge in [-0.1, -0.05) is 0 Å². The Hall–Kier alpha value is -0.850. The average Bonchev–Trinajstić information content (AvgIpc) is 3.13. The molecule has 0 aromatic carbocycles. The fourth-order valence-electron chi connectivity index (χ4n) is 6.13. The van der Waals surface area contributed by atoms with Crippen molar-refractivity contribution in [3.63, 3.8) is 0 Å². The molecule has 2 spiro atoms. The Kier molecular flexibility index (Phi) is 3.26. The largest absolute Gasteiger partial charge is 0.335 e. The highest BCUT2D eigenvalue weighted by Gasteiger charge is 2.70. The van der Waals surface area contributed by atoms with E-state index in [2.05, 4.69) is 5.32 Å². The second-order valence-electron chi connectivity index (χ2n) is 8.89. The maximum absolute atomic E-state index is 11.8. The first kappa shape index (κ1) is 15.4. The van der Waals surface area contributed by atoms with Gasteiger partial charge in [0.05, 0.1) is 0 Å². The number of urea groups is 1. The van der Waals surface area contributed by atoms with E-state index in [-0.39, 0.29) is 12.1 Å². The standard InChI is InChI=1S/C18H28N2O4/c1-20(2)16(21)19-14-3-5-17(6-4-14)22-18(24-23-17)13-8-11-7-12(10-13)15(18)9-11/h11-15H,3-10H2,1-2H3,(H,19,21). The van der Waals surface area contributed by atoms with Crippen molar-refractivity contribution >= 4 is 6.03 Å². The highest BCUT2D eigenvalue weighted by Crippen LogP contribution is 2.67. The van der Waals surface area contributed by atoms with Gasteiger partial charge in [-0.2, -0.15) is 9.78 Å². The number of carbonyl (C=O) groups excluding carboxylic acids is 1. The van der Waals surface area contributed by atoms with Gasteiger partial charge in [0.25, 0.3) is 0 Å². The van der Waals surface area contributed by atoms with Crippen molar-refractivity contribution in [2.24, 2.45) is 23.7 Å². The Morgan fingerprint density at radius 1 is 1.08 bits per heavy atom. The molecule has 6 nitrogen and oxygen atoms in total. The zero-order valence-corrected chi connectivity index (χ0v) is 14.6. The average molecular weight is 336 g/mol. The Morgan fingerprint density at radius 2 is 1.88 bits per heavy atom. The highest BCUT2D eigenvalue weighted by atomic mass is 17.3. The van der Waals surface area contributed by atoms with Crippen molar-refractivity contribution in [3.05, 3.63) is 0 Å². The van der Waals surface area contributed by atoms with E-state index in [1.807, 2.05) is 0 Å². The SMILES string of the molecule is CN(C)C(=O)NC1CCC2(CC1)OOC1(O2)C2CC3CC(C2)C1C3. The van der Waals surface area contributed by atoms with Gasteiger partial charge in [-0.15, -0.1) is 0 Å². The van der Waals surface area contributed by atoms with Crippen molar-refractivity contribution in [1.29, 1.82) is 0 Å². The maximum atomic E-state index is 11.8. The minimum absolute atomic E-state index is 0.0259.